The average molecular weight is 488 g/mol. The van der Waals surface area contributed by atoms with Crippen molar-refractivity contribution in [3.05, 3.63) is 64.8 Å². The number of carbonyl (C=O) groups excluding carboxylic acids is 1. The highest BCUT2D eigenvalue weighted by Gasteiger charge is 2.30. The normalized spacial score (nSPS) is 15.0. The first-order chi connectivity index (χ1) is 16.4. The van der Waals surface area contributed by atoms with E-state index >= 15 is 0 Å². The lowest BCUT2D eigenvalue weighted by molar-refractivity contribution is -0.137. The molecule has 1 amide bonds. The lowest BCUT2D eigenvalue weighted by atomic mass is 10.1. The van der Waals surface area contributed by atoms with Gasteiger partial charge in [-0.2, -0.15) is 13.2 Å². The molecular weight excluding hydrogens is 469 g/mol. The molecule has 4 aromatic rings. The predicted molar refractivity (Wildman–Crippen MR) is 120 cm³/mol. The second-order valence-corrected chi connectivity index (χ2v) is 8.55. The van der Waals surface area contributed by atoms with E-state index in [0.29, 0.717) is 24.9 Å². The van der Waals surface area contributed by atoms with Crippen LogP contribution in [0.25, 0.3) is 17.0 Å². The smallest absolute Gasteiger partial charge is 0.379 e. The molecule has 4 heterocycles. The van der Waals surface area contributed by atoms with Gasteiger partial charge in [-0.25, -0.2) is 14.5 Å². The Morgan fingerprint density at radius 1 is 1.15 bits per heavy atom. The quantitative estimate of drug-likeness (QED) is 0.458. The number of rotatable bonds is 5. The molecule has 0 spiro atoms. The molecule has 1 aromatic carbocycles. The second-order valence-electron chi connectivity index (χ2n) is 7.69. The van der Waals surface area contributed by atoms with Gasteiger partial charge in [0.2, 0.25) is 0 Å². The summed E-state index contributed by atoms with van der Waals surface area (Å²) in [5.41, 5.74) is 0.737. The van der Waals surface area contributed by atoms with Crippen LogP contribution in [0.5, 0.6) is 0 Å². The van der Waals surface area contributed by atoms with Gasteiger partial charge in [0.25, 0.3) is 5.91 Å². The lowest BCUT2D eigenvalue weighted by Crippen LogP contribution is -2.35. The summed E-state index contributed by atoms with van der Waals surface area (Å²) in [7, 11) is 0. The molecule has 8 nitrogen and oxygen atoms in total. The molecule has 0 unspecified atom stereocenters. The molecule has 34 heavy (non-hydrogen) atoms. The Morgan fingerprint density at radius 2 is 1.97 bits per heavy atom. The number of hydrogen-bond donors (Lipinski definition) is 1. The molecule has 12 heteroatoms. The van der Waals surface area contributed by atoms with Gasteiger partial charge in [-0.05, 0) is 24.3 Å². The third-order valence-corrected chi connectivity index (χ3v) is 6.12. The maximum Gasteiger partial charge on any atom is 0.416 e. The third-order valence-electron chi connectivity index (χ3n) is 5.32. The summed E-state index contributed by atoms with van der Waals surface area (Å²) in [5, 5.41) is 9.39. The van der Waals surface area contributed by atoms with Gasteiger partial charge in [-0.1, -0.05) is 12.1 Å². The van der Waals surface area contributed by atoms with Crippen molar-refractivity contribution in [2.75, 3.05) is 31.6 Å². The van der Waals surface area contributed by atoms with Gasteiger partial charge in [-0.15, -0.1) is 16.4 Å². The van der Waals surface area contributed by atoms with E-state index in [4.69, 9.17) is 4.74 Å². The number of halogens is 3. The summed E-state index contributed by atoms with van der Waals surface area (Å²) in [6.07, 6.45) is -2.89. The molecule has 5 rings (SSSR count). The Morgan fingerprint density at radius 3 is 2.76 bits per heavy atom. The second kappa shape index (κ2) is 9.12. The van der Waals surface area contributed by atoms with Crippen LogP contribution in [0.15, 0.2) is 48.0 Å². The van der Waals surface area contributed by atoms with E-state index in [1.807, 2.05) is 5.38 Å². The number of alkyl halides is 3. The molecule has 0 atom stereocenters. The van der Waals surface area contributed by atoms with Gasteiger partial charge in [0.1, 0.15) is 0 Å². The SMILES string of the molecule is O=C(Nc1nc(CN2CCOCC2)cs1)c1cccn2nc(-c3cccc(C(F)(F)F)c3)nc12. The number of fused-ring (bicyclic) bond motifs is 1. The first-order valence-electron chi connectivity index (χ1n) is 10.5. The molecule has 0 bridgehead atoms. The van der Waals surface area contributed by atoms with Crippen molar-refractivity contribution < 1.29 is 22.7 Å². The topological polar surface area (TPSA) is 84.7 Å². The number of amides is 1. The van der Waals surface area contributed by atoms with E-state index in [1.54, 1.807) is 18.3 Å². The Kier molecular flexibility index (Phi) is 6.02. The molecule has 1 saturated heterocycles. The number of nitrogens with one attached hydrogen (secondary N) is 1. The molecule has 1 aliphatic rings. The summed E-state index contributed by atoms with van der Waals surface area (Å²) >= 11 is 1.32. The zero-order chi connectivity index (χ0) is 23.7. The number of benzene rings is 1. The molecule has 1 fully saturated rings. The fraction of sp³-hybridized carbons (Fsp3) is 0.273. The number of ether oxygens (including phenoxy) is 1. The number of aromatic nitrogens is 4. The molecule has 1 N–H and O–H groups in total. The number of thiazole rings is 1. The molecule has 0 saturated carbocycles. The Labute approximate surface area is 196 Å². The summed E-state index contributed by atoms with van der Waals surface area (Å²) in [5.74, 6) is -0.339. The fourth-order valence-corrected chi connectivity index (χ4v) is 4.33. The summed E-state index contributed by atoms with van der Waals surface area (Å²) in [6, 6.07) is 7.97. The van der Waals surface area contributed by atoms with Crippen molar-refractivity contribution in [1.82, 2.24) is 24.5 Å². The Hall–Kier alpha value is -3.35. The van der Waals surface area contributed by atoms with E-state index < -0.39 is 17.6 Å². The summed E-state index contributed by atoms with van der Waals surface area (Å²) in [6.45, 7) is 3.73. The highest BCUT2D eigenvalue weighted by Crippen LogP contribution is 2.31. The molecule has 1 aliphatic heterocycles. The minimum absolute atomic E-state index is 0.0911. The van der Waals surface area contributed by atoms with E-state index in [0.717, 1.165) is 30.9 Å². The van der Waals surface area contributed by atoms with Gasteiger partial charge in [-0.3, -0.25) is 15.0 Å². The maximum atomic E-state index is 13.1. The van der Waals surface area contributed by atoms with Crippen LogP contribution < -0.4 is 5.32 Å². The van der Waals surface area contributed by atoms with Crippen LogP contribution in [0.3, 0.4) is 0 Å². The van der Waals surface area contributed by atoms with Crippen LogP contribution in [0, 0.1) is 0 Å². The number of pyridine rings is 1. The first-order valence-corrected chi connectivity index (χ1v) is 11.3. The minimum Gasteiger partial charge on any atom is -0.379 e. The zero-order valence-corrected chi connectivity index (χ0v) is 18.6. The van der Waals surface area contributed by atoms with Crippen LogP contribution in [0.2, 0.25) is 0 Å². The van der Waals surface area contributed by atoms with Crippen molar-refractivity contribution in [3.63, 3.8) is 0 Å². The van der Waals surface area contributed by atoms with Crippen LogP contribution >= 0.6 is 11.3 Å². The number of hydrogen-bond acceptors (Lipinski definition) is 7. The summed E-state index contributed by atoms with van der Waals surface area (Å²) < 4.78 is 46.0. The lowest BCUT2D eigenvalue weighted by Gasteiger charge is -2.25. The molecular formula is C22H19F3N6O2S. The molecule has 0 radical (unpaired) electrons. The number of nitrogens with zero attached hydrogens (tertiary/aromatic N) is 5. The zero-order valence-electron chi connectivity index (χ0n) is 17.7. The van der Waals surface area contributed by atoms with Gasteiger partial charge in [0.15, 0.2) is 16.6 Å². The van der Waals surface area contributed by atoms with Gasteiger partial charge in [0, 0.05) is 36.8 Å². The van der Waals surface area contributed by atoms with Gasteiger partial charge < -0.3 is 4.74 Å². The Balaban J connectivity index is 1.36. The van der Waals surface area contributed by atoms with E-state index in [2.05, 4.69) is 25.3 Å². The number of carbonyl (C=O) groups is 1. The summed E-state index contributed by atoms with van der Waals surface area (Å²) in [4.78, 5) is 24.0. The van der Waals surface area contributed by atoms with Crippen LogP contribution in [0.1, 0.15) is 21.6 Å². The highest BCUT2D eigenvalue weighted by molar-refractivity contribution is 7.14. The van der Waals surface area contributed by atoms with Crippen molar-refractivity contribution in [3.8, 4) is 11.4 Å². The van der Waals surface area contributed by atoms with Crippen LogP contribution in [-0.4, -0.2) is 56.7 Å². The van der Waals surface area contributed by atoms with E-state index in [1.165, 1.54) is 28.0 Å². The Bertz CT molecular complexity index is 1330. The van der Waals surface area contributed by atoms with Crippen molar-refractivity contribution in [2.24, 2.45) is 0 Å². The molecule has 3 aromatic heterocycles. The van der Waals surface area contributed by atoms with Gasteiger partial charge >= 0.3 is 6.18 Å². The standard InChI is InChI=1S/C22H19F3N6O2S/c23-22(24,25)15-4-1-3-14(11-15)18-27-19-17(5-2-6-31(19)29-18)20(32)28-21-26-16(13-34-21)12-30-7-9-33-10-8-30/h1-6,11,13H,7-10,12H2,(H,26,28,32). The van der Waals surface area contributed by atoms with Crippen molar-refractivity contribution >= 4 is 28.0 Å². The van der Waals surface area contributed by atoms with Crippen molar-refractivity contribution in [2.45, 2.75) is 12.7 Å². The van der Waals surface area contributed by atoms with Crippen LogP contribution in [0.4, 0.5) is 18.3 Å². The first kappa shape index (κ1) is 22.4. The predicted octanol–water partition coefficient (Wildman–Crippen LogP) is 3.96. The largest absolute Gasteiger partial charge is 0.416 e. The number of anilines is 1. The third kappa shape index (κ3) is 4.79. The molecule has 0 aliphatic carbocycles. The minimum atomic E-state index is -4.48. The number of morpholine rings is 1. The molecule has 176 valence electrons. The highest BCUT2D eigenvalue weighted by atomic mass is 32.1. The van der Waals surface area contributed by atoms with E-state index in [9.17, 15) is 18.0 Å². The van der Waals surface area contributed by atoms with Crippen LogP contribution in [-0.2, 0) is 17.5 Å². The fourth-order valence-electron chi connectivity index (χ4n) is 3.63. The maximum absolute atomic E-state index is 13.1. The van der Waals surface area contributed by atoms with Gasteiger partial charge in [0.05, 0.1) is 30.0 Å². The average Bonchev–Trinajstić information content (AvgIpc) is 3.46. The van der Waals surface area contributed by atoms with Crippen molar-refractivity contribution in [1.29, 1.82) is 0 Å². The monoisotopic (exact) mass is 488 g/mol. The van der Waals surface area contributed by atoms with E-state index in [-0.39, 0.29) is 22.6 Å².